The third-order valence-electron chi connectivity index (χ3n) is 4.28. The summed E-state index contributed by atoms with van der Waals surface area (Å²) >= 11 is 11.2. The van der Waals surface area contributed by atoms with Crippen LogP contribution >= 0.6 is 23.2 Å². The molecule has 160 valence electrons. The zero-order valence-corrected chi connectivity index (χ0v) is 17.8. The minimum atomic E-state index is -0.933. The lowest BCUT2D eigenvalue weighted by Crippen LogP contribution is -2.29. The zero-order chi connectivity index (χ0) is 21.4. The number of carboxylic acid groups (broad SMARTS) is 1. The van der Waals surface area contributed by atoms with Crippen molar-refractivity contribution in [2.45, 2.75) is 69.9 Å². The van der Waals surface area contributed by atoms with Gasteiger partial charge in [0.1, 0.15) is 6.04 Å². The van der Waals surface area contributed by atoms with E-state index in [-0.39, 0.29) is 0 Å². The van der Waals surface area contributed by atoms with Gasteiger partial charge in [-0.25, -0.2) is 0 Å². The van der Waals surface area contributed by atoms with E-state index in [2.05, 4.69) is 0 Å². The van der Waals surface area contributed by atoms with Gasteiger partial charge in [-0.2, -0.15) is 0 Å². The Hall–Kier alpha value is -1.18. The highest BCUT2D eigenvalue weighted by Crippen LogP contribution is 2.19. The number of hydrogen-bond donors (Lipinski definition) is 4. The first-order chi connectivity index (χ1) is 13.3. The molecular formula is C20H33Cl2N3O3. The molecule has 1 aliphatic carbocycles. The molecule has 1 aromatic rings. The van der Waals surface area contributed by atoms with Gasteiger partial charge in [0.05, 0.1) is 5.02 Å². The molecule has 7 N–H and O–H groups in total. The SMILES string of the molecule is NC1CCCCCC1.NCCCC[C@H](N)C(=O)O.O=Cc1ccc(Cl)cc1Cl. The van der Waals surface area contributed by atoms with Gasteiger partial charge in [0.15, 0.2) is 6.29 Å². The monoisotopic (exact) mass is 433 g/mol. The van der Waals surface area contributed by atoms with Gasteiger partial charge < -0.3 is 22.3 Å². The fourth-order valence-corrected chi connectivity index (χ4v) is 2.99. The molecule has 1 aromatic carbocycles. The van der Waals surface area contributed by atoms with Gasteiger partial charge in [-0.05, 0) is 50.4 Å². The number of halogens is 2. The summed E-state index contributed by atoms with van der Waals surface area (Å²) in [7, 11) is 0. The summed E-state index contributed by atoms with van der Waals surface area (Å²) in [6.07, 6.45) is 10.9. The number of carbonyl (C=O) groups is 2. The first-order valence-electron chi connectivity index (χ1n) is 9.66. The van der Waals surface area contributed by atoms with E-state index in [0.29, 0.717) is 40.9 Å². The van der Waals surface area contributed by atoms with Crippen LogP contribution in [0.4, 0.5) is 0 Å². The van der Waals surface area contributed by atoms with Crippen LogP contribution in [0.3, 0.4) is 0 Å². The van der Waals surface area contributed by atoms with Crippen molar-refractivity contribution in [3.8, 4) is 0 Å². The maximum absolute atomic E-state index is 10.2. The molecule has 0 amide bonds. The van der Waals surface area contributed by atoms with Crippen molar-refractivity contribution in [3.05, 3.63) is 33.8 Å². The number of hydrogen-bond acceptors (Lipinski definition) is 5. The molecule has 1 saturated carbocycles. The Morgan fingerprint density at radius 1 is 1.18 bits per heavy atom. The van der Waals surface area contributed by atoms with Crippen LogP contribution in [0.15, 0.2) is 18.2 Å². The van der Waals surface area contributed by atoms with E-state index in [9.17, 15) is 9.59 Å². The third-order valence-corrected chi connectivity index (χ3v) is 4.84. The normalized spacial score (nSPS) is 15.2. The summed E-state index contributed by atoms with van der Waals surface area (Å²) in [5, 5.41) is 9.25. The second-order valence-electron chi connectivity index (χ2n) is 6.76. The molecule has 0 aliphatic heterocycles. The molecule has 0 aromatic heterocycles. The van der Waals surface area contributed by atoms with E-state index in [1.807, 2.05) is 0 Å². The first kappa shape index (κ1) is 26.8. The Kier molecular flexibility index (Phi) is 16.0. The van der Waals surface area contributed by atoms with Crippen molar-refractivity contribution in [2.24, 2.45) is 17.2 Å². The lowest BCUT2D eigenvalue weighted by Gasteiger charge is -2.03. The molecule has 0 heterocycles. The molecule has 8 heteroatoms. The van der Waals surface area contributed by atoms with E-state index in [1.165, 1.54) is 44.6 Å². The Labute approximate surface area is 177 Å². The van der Waals surface area contributed by atoms with E-state index >= 15 is 0 Å². The van der Waals surface area contributed by atoms with Gasteiger partial charge in [-0.3, -0.25) is 9.59 Å². The van der Waals surface area contributed by atoms with Gasteiger partial charge in [0.2, 0.25) is 0 Å². The Balaban J connectivity index is 0.000000393. The van der Waals surface area contributed by atoms with Crippen LogP contribution in [0, 0.1) is 0 Å². The van der Waals surface area contributed by atoms with Gasteiger partial charge >= 0.3 is 5.97 Å². The third kappa shape index (κ3) is 13.9. The first-order valence-corrected chi connectivity index (χ1v) is 10.4. The van der Waals surface area contributed by atoms with Crippen molar-refractivity contribution in [2.75, 3.05) is 6.54 Å². The average molecular weight is 434 g/mol. The number of benzene rings is 1. The number of nitrogens with two attached hydrogens (primary N) is 3. The Bertz CT molecular complexity index is 566. The standard InChI is InChI=1S/C7H4Cl2O.C7H15N.C6H14N2O2/c8-6-2-1-5(4-10)7(9)3-6;8-7-5-3-1-2-4-6-7;7-4-2-1-3-5(8)6(9)10/h1-4H;7H,1-6,8H2;5H,1-4,7-8H2,(H,9,10)/t;;5-/m..0/s1. The van der Waals surface area contributed by atoms with Gasteiger partial charge in [0, 0.05) is 16.6 Å². The van der Waals surface area contributed by atoms with Gasteiger partial charge in [-0.15, -0.1) is 0 Å². The van der Waals surface area contributed by atoms with Crippen LogP contribution in [0.1, 0.15) is 68.1 Å². The maximum atomic E-state index is 10.2. The summed E-state index contributed by atoms with van der Waals surface area (Å²) in [5.41, 5.74) is 16.6. The van der Waals surface area contributed by atoms with Crippen LogP contribution in [0.5, 0.6) is 0 Å². The Morgan fingerprint density at radius 3 is 2.25 bits per heavy atom. The molecule has 0 spiro atoms. The number of rotatable bonds is 6. The lowest BCUT2D eigenvalue weighted by molar-refractivity contribution is -0.138. The molecular weight excluding hydrogens is 401 g/mol. The molecule has 28 heavy (non-hydrogen) atoms. The van der Waals surface area contributed by atoms with E-state index < -0.39 is 12.0 Å². The molecule has 1 fully saturated rings. The van der Waals surface area contributed by atoms with Crippen LogP contribution < -0.4 is 17.2 Å². The predicted molar refractivity (Wildman–Crippen MR) is 116 cm³/mol. The van der Waals surface area contributed by atoms with Crippen molar-refractivity contribution in [1.82, 2.24) is 0 Å². The topological polar surface area (TPSA) is 132 Å². The summed E-state index contributed by atoms with van der Waals surface area (Å²) in [6, 6.07) is 4.55. The molecule has 0 unspecified atom stereocenters. The maximum Gasteiger partial charge on any atom is 0.320 e. The summed E-state index contributed by atoms with van der Waals surface area (Å²) in [4.78, 5) is 20.3. The number of unbranched alkanes of at least 4 members (excludes halogenated alkanes) is 1. The van der Waals surface area contributed by atoms with E-state index in [4.69, 9.17) is 45.5 Å². The minimum Gasteiger partial charge on any atom is -0.480 e. The second-order valence-corrected chi connectivity index (χ2v) is 7.61. The average Bonchev–Trinajstić information content (AvgIpc) is 2.90. The van der Waals surface area contributed by atoms with Gasteiger partial charge in [-0.1, -0.05) is 55.3 Å². The van der Waals surface area contributed by atoms with Crippen molar-refractivity contribution < 1.29 is 14.7 Å². The highest BCUT2D eigenvalue weighted by Gasteiger charge is 2.09. The summed E-state index contributed by atoms with van der Waals surface area (Å²) in [5.74, 6) is -0.933. The van der Waals surface area contributed by atoms with E-state index in [1.54, 1.807) is 12.1 Å². The fourth-order valence-electron chi connectivity index (χ4n) is 2.54. The highest BCUT2D eigenvalue weighted by molar-refractivity contribution is 6.36. The van der Waals surface area contributed by atoms with E-state index in [0.717, 1.165) is 12.8 Å². The molecule has 0 bridgehead atoms. The minimum absolute atomic E-state index is 0.391. The molecule has 6 nitrogen and oxygen atoms in total. The molecule has 1 aliphatic rings. The second kappa shape index (κ2) is 16.7. The van der Waals surface area contributed by atoms with Crippen LogP contribution in [0.2, 0.25) is 10.0 Å². The lowest BCUT2D eigenvalue weighted by atomic mass is 10.1. The van der Waals surface area contributed by atoms with Crippen molar-refractivity contribution in [1.29, 1.82) is 0 Å². The number of aliphatic carboxylic acids is 1. The largest absolute Gasteiger partial charge is 0.480 e. The Morgan fingerprint density at radius 2 is 1.79 bits per heavy atom. The summed E-state index contributed by atoms with van der Waals surface area (Å²) < 4.78 is 0. The molecule has 2 rings (SSSR count). The van der Waals surface area contributed by atoms with Crippen LogP contribution in [-0.2, 0) is 4.79 Å². The molecule has 1 atom stereocenters. The number of carboxylic acids is 1. The van der Waals surface area contributed by atoms with Gasteiger partial charge in [0.25, 0.3) is 0 Å². The van der Waals surface area contributed by atoms with Crippen LogP contribution in [-0.4, -0.2) is 36.0 Å². The van der Waals surface area contributed by atoms with Crippen molar-refractivity contribution >= 4 is 35.5 Å². The van der Waals surface area contributed by atoms with Crippen molar-refractivity contribution in [3.63, 3.8) is 0 Å². The smallest absolute Gasteiger partial charge is 0.320 e. The molecule has 0 saturated heterocycles. The zero-order valence-electron chi connectivity index (χ0n) is 16.3. The predicted octanol–water partition coefficient (Wildman–Crippen LogP) is 4.00. The molecule has 0 radical (unpaired) electrons. The fraction of sp³-hybridized carbons (Fsp3) is 0.600. The number of carbonyl (C=O) groups excluding carboxylic acids is 1. The highest BCUT2D eigenvalue weighted by atomic mass is 35.5. The number of aldehydes is 1. The summed E-state index contributed by atoms with van der Waals surface area (Å²) in [6.45, 7) is 0.604. The van der Waals surface area contributed by atoms with Crippen LogP contribution in [0.25, 0.3) is 0 Å². The quantitative estimate of drug-likeness (QED) is 0.304.